The number of likely N-dealkylation sites (tertiary alicyclic amines) is 1. The average molecular weight is 291 g/mol. The number of nitrogens with one attached hydrogen (secondary N) is 1. The molecule has 0 bridgehead atoms. The van der Waals surface area contributed by atoms with E-state index in [1.165, 1.54) is 6.42 Å². The third kappa shape index (κ3) is 3.10. The maximum absolute atomic E-state index is 12.7. The summed E-state index contributed by atoms with van der Waals surface area (Å²) in [6.07, 6.45) is 6.01. The Morgan fingerprint density at radius 3 is 3.00 bits per heavy atom. The second-order valence-corrected chi connectivity index (χ2v) is 6.56. The summed E-state index contributed by atoms with van der Waals surface area (Å²) in [5, 5.41) is 11.6. The molecule has 2 aliphatic rings. The largest absolute Gasteiger partial charge is 0.341 e. The van der Waals surface area contributed by atoms with Crippen LogP contribution in [0.25, 0.3) is 0 Å². The number of amides is 1. The van der Waals surface area contributed by atoms with Crippen LogP contribution in [0.15, 0.2) is 6.33 Å². The van der Waals surface area contributed by atoms with Crippen molar-refractivity contribution in [3.8, 4) is 0 Å². The molecule has 0 spiro atoms. The van der Waals surface area contributed by atoms with Crippen molar-refractivity contribution < 1.29 is 4.79 Å². The van der Waals surface area contributed by atoms with Crippen molar-refractivity contribution in [1.82, 2.24) is 25.0 Å². The molecule has 1 N–H and O–H groups in total. The van der Waals surface area contributed by atoms with E-state index in [1.54, 1.807) is 6.33 Å². The molecule has 116 valence electrons. The lowest BCUT2D eigenvalue weighted by Gasteiger charge is -2.36. The van der Waals surface area contributed by atoms with E-state index < -0.39 is 0 Å². The monoisotopic (exact) mass is 291 g/mol. The molecule has 3 heterocycles. The van der Waals surface area contributed by atoms with Crippen molar-refractivity contribution >= 4 is 5.91 Å². The molecule has 2 saturated heterocycles. The van der Waals surface area contributed by atoms with Crippen molar-refractivity contribution in [2.75, 3.05) is 19.6 Å². The van der Waals surface area contributed by atoms with Crippen molar-refractivity contribution in [3.63, 3.8) is 0 Å². The zero-order chi connectivity index (χ0) is 14.8. The van der Waals surface area contributed by atoms with Crippen molar-refractivity contribution in [1.29, 1.82) is 0 Å². The number of aryl methyl sites for hydroxylation is 1. The molecule has 1 amide bonds. The summed E-state index contributed by atoms with van der Waals surface area (Å²) in [5.74, 6) is 2.22. The Bertz CT molecular complexity index is 500. The van der Waals surface area contributed by atoms with E-state index in [1.807, 2.05) is 16.5 Å². The van der Waals surface area contributed by atoms with Gasteiger partial charge in [0.05, 0.1) is 6.04 Å². The zero-order valence-corrected chi connectivity index (χ0v) is 13.0. The summed E-state index contributed by atoms with van der Waals surface area (Å²) in [6.45, 7) is 4.84. The minimum Gasteiger partial charge on any atom is -0.341 e. The van der Waals surface area contributed by atoms with Crippen LogP contribution >= 0.6 is 0 Å². The Balaban J connectivity index is 1.65. The van der Waals surface area contributed by atoms with Gasteiger partial charge in [-0.15, -0.1) is 10.2 Å². The number of nitrogens with zero attached hydrogens (tertiary/aromatic N) is 4. The van der Waals surface area contributed by atoms with Crippen LogP contribution in [0, 0.1) is 5.92 Å². The van der Waals surface area contributed by atoms with Gasteiger partial charge in [-0.05, 0) is 38.1 Å². The summed E-state index contributed by atoms with van der Waals surface area (Å²) in [4.78, 5) is 14.7. The molecule has 6 nitrogen and oxygen atoms in total. The molecule has 3 rings (SSSR count). The Kier molecular flexibility index (Phi) is 4.24. The fourth-order valence-corrected chi connectivity index (χ4v) is 3.57. The molecule has 1 aromatic rings. The first-order valence-electron chi connectivity index (χ1n) is 8.01. The number of carbonyl (C=O) groups excluding carboxylic acids is 1. The van der Waals surface area contributed by atoms with E-state index in [0.29, 0.717) is 11.8 Å². The normalized spacial score (nSPS) is 30.4. The fraction of sp³-hybridized carbons (Fsp3) is 0.800. The Labute approximate surface area is 125 Å². The topological polar surface area (TPSA) is 63.1 Å². The highest BCUT2D eigenvalue weighted by molar-refractivity contribution is 5.82. The standard InChI is InChI=1S/C15H25N5O/c1-11-5-6-16-13(8-11)15(21)20-7-3-4-12(9-20)14-18-17-10-19(14)2/h10-13,16H,3-9H2,1-2H3. The van der Waals surface area contributed by atoms with E-state index in [2.05, 4.69) is 22.4 Å². The minimum atomic E-state index is 0.00648. The number of hydrogen-bond donors (Lipinski definition) is 1. The molecule has 0 aliphatic carbocycles. The van der Waals surface area contributed by atoms with Crippen LogP contribution in [-0.4, -0.2) is 51.2 Å². The molecule has 0 radical (unpaired) electrons. The lowest BCUT2D eigenvalue weighted by Crippen LogP contribution is -2.52. The molecular formula is C15H25N5O. The number of piperidine rings is 2. The van der Waals surface area contributed by atoms with Crippen LogP contribution in [-0.2, 0) is 11.8 Å². The quantitative estimate of drug-likeness (QED) is 0.880. The zero-order valence-electron chi connectivity index (χ0n) is 13.0. The van der Waals surface area contributed by atoms with Crippen molar-refractivity contribution in [2.24, 2.45) is 13.0 Å². The number of carbonyl (C=O) groups is 1. The smallest absolute Gasteiger partial charge is 0.239 e. The Hall–Kier alpha value is -1.43. The lowest BCUT2D eigenvalue weighted by atomic mass is 9.92. The summed E-state index contributed by atoms with van der Waals surface area (Å²) >= 11 is 0. The van der Waals surface area contributed by atoms with Gasteiger partial charge >= 0.3 is 0 Å². The van der Waals surface area contributed by atoms with Gasteiger partial charge in [0.1, 0.15) is 12.2 Å². The van der Waals surface area contributed by atoms with Crippen LogP contribution in [0.2, 0.25) is 0 Å². The summed E-state index contributed by atoms with van der Waals surface area (Å²) in [7, 11) is 1.97. The molecule has 3 unspecified atom stereocenters. The summed E-state index contributed by atoms with van der Waals surface area (Å²) in [6, 6.07) is 0.00648. The van der Waals surface area contributed by atoms with Crippen molar-refractivity contribution in [2.45, 2.75) is 44.6 Å². The molecule has 2 aliphatic heterocycles. The van der Waals surface area contributed by atoms with Crippen LogP contribution in [0.1, 0.15) is 44.3 Å². The highest BCUT2D eigenvalue weighted by atomic mass is 16.2. The fourth-order valence-electron chi connectivity index (χ4n) is 3.57. The molecule has 21 heavy (non-hydrogen) atoms. The van der Waals surface area contributed by atoms with Gasteiger partial charge in [-0.3, -0.25) is 4.79 Å². The van der Waals surface area contributed by atoms with Gasteiger partial charge in [0, 0.05) is 26.1 Å². The number of hydrogen-bond acceptors (Lipinski definition) is 4. The van der Waals surface area contributed by atoms with E-state index >= 15 is 0 Å². The number of rotatable bonds is 2. The minimum absolute atomic E-state index is 0.00648. The van der Waals surface area contributed by atoms with Gasteiger partial charge in [-0.1, -0.05) is 6.92 Å². The van der Waals surface area contributed by atoms with Gasteiger partial charge in [-0.2, -0.15) is 0 Å². The maximum Gasteiger partial charge on any atom is 0.239 e. The van der Waals surface area contributed by atoms with Gasteiger partial charge in [0.2, 0.25) is 5.91 Å². The summed E-state index contributed by atoms with van der Waals surface area (Å²) < 4.78 is 1.97. The molecular weight excluding hydrogens is 266 g/mol. The molecule has 1 aromatic heterocycles. The van der Waals surface area contributed by atoms with Crippen LogP contribution in [0.3, 0.4) is 0 Å². The van der Waals surface area contributed by atoms with Crippen molar-refractivity contribution in [3.05, 3.63) is 12.2 Å². The van der Waals surface area contributed by atoms with E-state index in [0.717, 1.165) is 44.7 Å². The third-order valence-electron chi connectivity index (χ3n) is 4.81. The third-order valence-corrected chi connectivity index (χ3v) is 4.81. The first-order chi connectivity index (χ1) is 10.1. The number of aromatic nitrogens is 3. The molecule has 3 atom stereocenters. The van der Waals surface area contributed by atoms with Gasteiger partial charge in [0.15, 0.2) is 0 Å². The highest BCUT2D eigenvalue weighted by Gasteiger charge is 2.32. The first kappa shape index (κ1) is 14.5. The Morgan fingerprint density at radius 1 is 1.43 bits per heavy atom. The van der Waals surface area contributed by atoms with E-state index in [9.17, 15) is 4.79 Å². The van der Waals surface area contributed by atoms with Crippen LogP contribution < -0.4 is 5.32 Å². The van der Waals surface area contributed by atoms with Crippen LogP contribution in [0.4, 0.5) is 0 Å². The summed E-state index contributed by atoms with van der Waals surface area (Å²) in [5.41, 5.74) is 0. The molecule has 0 aromatic carbocycles. The first-order valence-corrected chi connectivity index (χ1v) is 8.01. The predicted molar refractivity (Wildman–Crippen MR) is 79.7 cm³/mol. The van der Waals surface area contributed by atoms with E-state index in [-0.39, 0.29) is 11.9 Å². The molecule has 6 heteroatoms. The second-order valence-electron chi connectivity index (χ2n) is 6.56. The van der Waals surface area contributed by atoms with Gasteiger partial charge < -0.3 is 14.8 Å². The molecule has 0 saturated carbocycles. The average Bonchev–Trinajstić information content (AvgIpc) is 2.93. The molecule has 2 fully saturated rings. The lowest BCUT2D eigenvalue weighted by molar-refractivity contribution is -0.135. The second kappa shape index (κ2) is 6.13. The van der Waals surface area contributed by atoms with E-state index in [4.69, 9.17) is 0 Å². The SMILES string of the molecule is CC1CCNC(C(=O)N2CCCC(c3nncn3C)C2)C1. The van der Waals surface area contributed by atoms with Gasteiger partial charge in [-0.25, -0.2) is 0 Å². The van der Waals surface area contributed by atoms with Crippen LogP contribution in [0.5, 0.6) is 0 Å². The highest BCUT2D eigenvalue weighted by Crippen LogP contribution is 2.26. The Morgan fingerprint density at radius 2 is 2.29 bits per heavy atom. The maximum atomic E-state index is 12.7. The predicted octanol–water partition coefficient (Wildman–Crippen LogP) is 0.909. The van der Waals surface area contributed by atoms with Gasteiger partial charge in [0.25, 0.3) is 0 Å².